The van der Waals surface area contributed by atoms with Gasteiger partial charge < -0.3 is 29.4 Å². The van der Waals surface area contributed by atoms with Crippen molar-refractivity contribution in [3.05, 3.63) is 70.0 Å². The molecular formula is C25H27N3O4S. The van der Waals surface area contributed by atoms with Crippen molar-refractivity contribution < 1.29 is 14.2 Å². The lowest BCUT2D eigenvalue weighted by atomic mass is 10.1. The van der Waals surface area contributed by atoms with Crippen molar-refractivity contribution >= 4 is 28.2 Å². The molecule has 0 unspecified atom stereocenters. The molecule has 1 fully saturated rings. The zero-order valence-electron chi connectivity index (χ0n) is 18.3. The van der Waals surface area contributed by atoms with Crippen molar-refractivity contribution in [3.63, 3.8) is 0 Å². The lowest BCUT2D eigenvalue weighted by molar-refractivity contribution is 0.0897. The maximum atomic E-state index is 12.9. The number of fused-ring (bicyclic) bond motifs is 2. The number of hydrogen-bond donors (Lipinski definition) is 2. The Bertz CT molecular complexity index is 1190. The van der Waals surface area contributed by atoms with Crippen LogP contribution >= 0.6 is 12.2 Å². The molecule has 0 amide bonds. The van der Waals surface area contributed by atoms with Gasteiger partial charge in [-0.25, -0.2) is 0 Å². The molecule has 5 rings (SSSR count). The summed E-state index contributed by atoms with van der Waals surface area (Å²) in [5, 5.41) is 4.90. The van der Waals surface area contributed by atoms with E-state index in [4.69, 9.17) is 26.4 Å². The van der Waals surface area contributed by atoms with Crippen molar-refractivity contribution in [1.82, 2.24) is 15.2 Å². The van der Waals surface area contributed by atoms with Crippen molar-refractivity contribution in [1.29, 1.82) is 0 Å². The van der Waals surface area contributed by atoms with E-state index in [1.54, 1.807) is 0 Å². The zero-order valence-corrected chi connectivity index (χ0v) is 19.2. The summed E-state index contributed by atoms with van der Waals surface area (Å²) in [6, 6.07) is 15.9. The van der Waals surface area contributed by atoms with E-state index in [9.17, 15) is 4.79 Å². The predicted octanol–water partition coefficient (Wildman–Crippen LogP) is 3.36. The number of nitrogens with one attached hydrogen (secondary N) is 2. The third-order valence-corrected chi connectivity index (χ3v) is 6.45. The van der Waals surface area contributed by atoms with Gasteiger partial charge in [0.25, 0.3) is 5.56 Å². The van der Waals surface area contributed by atoms with Crippen LogP contribution < -0.4 is 20.3 Å². The molecule has 1 aromatic heterocycles. The van der Waals surface area contributed by atoms with Crippen LogP contribution in [-0.2, 0) is 17.7 Å². The van der Waals surface area contributed by atoms with Gasteiger partial charge in [0.1, 0.15) is 0 Å². The number of benzene rings is 2. The molecule has 2 aliphatic rings. The molecule has 2 aromatic carbocycles. The summed E-state index contributed by atoms with van der Waals surface area (Å²) < 4.78 is 16.8. The number of aromatic nitrogens is 1. The lowest BCUT2D eigenvalue weighted by Crippen LogP contribution is -2.44. The Kier molecular flexibility index (Phi) is 6.46. The molecule has 0 radical (unpaired) electrons. The van der Waals surface area contributed by atoms with Gasteiger partial charge in [0.15, 0.2) is 16.6 Å². The Morgan fingerprint density at radius 2 is 1.97 bits per heavy atom. The number of rotatable bonds is 7. The van der Waals surface area contributed by atoms with Crippen LogP contribution in [0.2, 0.25) is 0 Å². The van der Waals surface area contributed by atoms with Crippen LogP contribution in [0.5, 0.6) is 11.5 Å². The fourth-order valence-electron chi connectivity index (χ4n) is 4.29. The minimum absolute atomic E-state index is 0.118. The third-order valence-electron chi connectivity index (χ3n) is 6.04. The Balaban J connectivity index is 1.33. The highest BCUT2D eigenvalue weighted by molar-refractivity contribution is 7.80. The molecule has 3 heterocycles. The predicted molar refractivity (Wildman–Crippen MR) is 131 cm³/mol. The van der Waals surface area contributed by atoms with Gasteiger partial charge in [-0.3, -0.25) is 4.79 Å². The van der Waals surface area contributed by atoms with Crippen molar-refractivity contribution in [2.24, 2.45) is 0 Å². The van der Waals surface area contributed by atoms with Crippen molar-refractivity contribution in [3.8, 4) is 11.5 Å². The van der Waals surface area contributed by atoms with Crippen LogP contribution in [0, 0.1) is 0 Å². The monoisotopic (exact) mass is 465 g/mol. The third kappa shape index (κ3) is 5.12. The lowest BCUT2D eigenvalue weighted by Gasteiger charge is -2.28. The Hall–Kier alpha value is -3.10. The normalized spacial score (nSPS) is 16.8. The molecule has 0 bridgehead atoms. The summed E-state index contributed by atoms with van der Waals surface area (Å²) in [6.45, 7) is 2.74. The highest BCUT2D eigenvalue weighted by atomic mass is 32.1. The van der Waals surface area contributed by atoms with E-state index in [2.05, 4.69) is 22.4 Å². The number of nitrogens with zero attached hydrogens (tertiary/aromatic N) is 1. The van der Waals surface area contributed by atoms with Crippen molar-refractivity contribution in [2.75, 3.05) is 26.5 Å². The maximum Gasteiger partial charge on any atom is 0.253 e. The van der Waals surface area contributed by atoms with E-state index in [0.717, 1.165) is 43.3 Å². The first-order chi connectivity index (χ1) is 16.2. The molecule has 33 heavy (non-hydrogen) atoms. The fraction of sp³-hybridized carbons (Fsp3) is 0.360. The maximum absolute atomic E-state index is 12.9. The van der Waals surface area contributed by atoms with Gasteiger partial charge in [0, 0.05) is 36.7 Å². The van der Waals surface area contributed by atoms with Gasteiger partial charge in [0.05, 0.1) is 18.2 Å². The minimum atomic E-state index is -0.134. The van der Waals surface area contributed by atoms with Crippen molar-refractivity contribution in [2.45, 2.75) is 31.9 Å². The quantitative estimate of drug-likeness (QED) is 0.518. The summed E-state index contributed by atoms with van der Waals surface area (Å²) >= 11 is 5.74. The van der Waals surface area contributed by atoms with Gasteiger partial charge in [0.2, 0.25) is 6.79 Å². The number of H-pyrrole nitrogens is 1. The van der Waals surface area contributed by atoms with Crippen LogP contribution in [0.25, 0.3) is 10.9 Å². The van der Waals surface area contributed by atoms with Crippen LogP contribution in [0.3, 0.4) is 0 Å². The molecule has 2 aliphatic heterocycles. The highest BCUT2D eigenvalue weighted by Crippen LogP contribution is 2.35. The largest absolute Gasteiger partial charge is 0.454 e. The van der Waals surface area contributed by atoms with Gasteiger partial charge in [-0.2, -0.15) is 0 Å². The van der Waals surface area contributed by atoms with Crippen LogP contribution in [-0.4, -0.2) is 47.6 Å². The summed E-state index contributed by atoms with van der Waals surface area (Å²) in [5.41, 5.74) is 2.49. The first-order valence-electron chi connectivity index (χ1n) is 11.3. The van der Waals surface area contributed by atoms with E-state index in [1.165, 1.54) is 5.56 Å². The zero-order chi connectivity index (χ0) is 22.6. The molecule has 3 aromatic rings. The minimum Gasteiger partial charge on any atom is -0.454 e. The first kappa shape index (κ1) is 21.7. The first-order valence-corrected chi connectivity index (χ1v) is 11.7. The number of hydrogen-bond acceptors (Lipinski definition) is 5. The summed E-state index contributed by atoms with van der Waals surface area (Å²) in [7, 11) is 0. The SMILES string of the molecule is O=c1[nH]c2cc3c(cc2cc1CN(C[C@H]1CCCO1)C(=S)NCCc1ccccc1)OCO3. The van der Waals surface area contributed by atoms with E-state index < -0.39 is 0 Å². The molecule has 8 heteroatoms. The number of pyridine rings is 1. The summed E-state index contributed by atoms with van der Waals surface area (Å²) in [6.07, 6.45) is 3.04. The van der Waals surface area contributed by atoms with Crippen LogP contribution in [0.1, 0.15) is 24.0 Å². The average Bonchev–Trinajstić information content (AvgIpc) is 3.50. The summed E-state index contributed by atoms with van der Waals surface area (Å²) in [4.78, 5) is 17.9. The molecule has 1 saturated heterocycles. The van der Waals surface area contributed by atoms with E-state index in [-0.39, 0.29) is 18.5 Å². The molecule has 1 atom stereocenters. The number of thiocarbonyl (C=S) groups is 1. The molecular weight excluding hydrogens is 438 g/mol. The van der Waals surface area contributed by atoms with Gasteiger partial charge in [-0.05, 0) is 49.2 Å². The Labute approximate surface area is 197 Å². The molecule has 172 valence electrons. The van der Waals surface area contributed by atoms with Crippen LogP contribution in [0.4, 0.5) is 0 Å². The highest BCUT2D eigenvalue weighted by Gasteiger charge is 2.22. The average molecular weight is 466 g/mol. The second-order valence-corrected chi connectivity index (χ2v) is 8.79. The topological polar surface area (TPSA) is 75.8 Å². The smallest absolute Gasteiger partial charge is 0.253 e. The van der Waals surface area contributed by atoms with E-state index >= 15 is 0 Å². The molecule has 0 spiro atoms. The Morgan fingerprint density at radius 1 is 1.15 bits per heavy atom. The second kappa shape index (κ2) is 9.80. The van der Waals surface area contributed by atoms with Gasteiger partial charge in [-0.15, -0.1) is 0 Å². The Morgan fingerprint density at radius 3 is 2.76 bits per heavy atom. The standard InChI is InChI=1S/C25H27N3O4S/c29-24-19(11-18-12-22-23(32-16-31-22)13-21(18)27-24)14-28(15-20-7-4-10-30-20)25(33)26-9-8-17-5-2-1-3-6-17/h1-3,5-6,11-13,20H,4,7-10,14-16H2,(H,26,33)(H,27,29)/t20-/m1/s1. The summed E-state index contributed by atoms with van der Waals surface area (Å²) in [5.74, 6) is 1.34. The molecule has 2 N–H and O–H groups in total. The number of ether oxygens (including phenoxy) is 3. The number of aromatic amines is 1. The van der Waals surface area contributed by atoms with Crippen LogP contribution in [0.15, 0.2) is 53.3 Å². The second-order valence-electron chi connectivity index (χ2n) is 8.40. The molecule has 0 saturated carbocycles. The molecule has 7 nitrogen and oxygen atoms in total. The molecule has 0 aliphatic carbocycles. The van der Waals surface area contributed by atoms with E-state index in [0.29, 0.717) is 35.3 Å². The van der Waals surface area contributed by atoms with Gasteiger partial charge in [-0.1, -0.05) is 30.3 Å². The van der Waals surface area contributed by atoms with Gasteiger partial charge >= 0.3 is 0 Å². The fourth-order valence-corrected chi connectivity index (χ4v) is 4.53. The van der Waals surface area contributed by atoms with E-state index in [1.807, 2.05) is 41.3 Å².